The van der Waals surface area contributed by atoms with Crippen LogP contribution in [0.3, 0.4) is 0 Å². The summed E-state index contributed by atoms with van der Waals surface area (Å²) in [5.41, 5.74) is 0. The summed E-state index contributed by atoms with van der Waals surface area (Å²) in [7, 11) is 0. The minimum atomic E-state index is -0.753. The molecule has 0 spiro atoms. The van der Waals surface area contributed by atoms with E-state index in [4.69, 9.17) is 0 Å². The summed E-state index contributed by atoms with van der Waals surface area (Å²) in [6.45, 7) is 8.79. The Morgan fingerprint density at radius 2 is 0.714 bits per heavy atom. The van der Waals surface area contributed by atoms with Crippen molar-refractivity contribution in [3.8, 4) is 0 Å². The van der Waals surface area contributed by atoms with Crippen molar-refractivity contribution in [2.75, 3.05) is 25.2 Å². The second-order valence-corrected chi connectivity index (χ2v) is 22.6. The third-order valence-electron chi connectivity index (χ3n) is 6.37. The minimum Gasteiger partial charge on any atom is -0.0654 e. The molecule has 0 heterocycles. The lowest BCUT2D eigenvalue weighted by Crippen LogP contribution is -2.07. The van der Waals surface area contributed by atoms with E-state index in [9.17, 15) is 0 Å². The normalized spacial score (nSPS) is 13.2. The third kappa shape index (κ3) is 16.1. The molecule has 0 bridgehead atoms. The van der Waals surface area contributed by atoms with Crippen molar-refractivity contribution in [1.82, 2.24) is 0 Å². The fourth-order valence-electron chi connectivity index (χ4n) is 4.31. The van der Waals surface area contributed by atoms with Gasteiger partial charge in [0.2, 0.25) is 0 Å². The molecule has 0 aromatic rings. The van der Waals surface area contributed by atoms with E-state index in [0.717, 1.165) is 0 Å². The summed E-state index contributed by atoms with van der Waals surface area (Å²) in [5.74, 6) is 0. The molecular weight excluding hydrogens is 442 g/mol. The molecule has 0 nitrogen and oxygen atoms in total. The van der Waals surface area contributed by atoms with E-state index in [1.54, 1.807) is 18.5 Å². The number of halogens is 1. The molecule has 0 aromatic heterocycles. The quantitative estimate of drug-likeness (QED) is 0.103. The van der Waals surface area contributed by atoms with E-state index in [1.165, 1.54) is 116 Å². The zero-order chi connectivity index (χ0) is 20.9. The van der Waals surface area contributed by atoms with Crippen LogP contribution in [0.4, 0.5) is 0 Å². The van der Waals surface area contributed by atoms with Gasteiger partial charge in [0, 0.05) is 13.6 Å². The molecule has 0 radical (unpaired) electrons. The van der Waals surface area contributed by atoms with Crippen LogP contribution in [0.2, 0.25) is 0 Å². The predicted molar refractivity (Wildman–Crippen MR) is 143 cm³/mol. The standard InChI is InChI=1S/C25H54BrP2/c1-5-8-11-14-17-20-23-28(27(4)26,24-21-18-15-12-9-6-2)25-22-19-16-13-10-7-3/h5-25H2,1-4H3/q+1. The topological polar surface area (TPSA) is 0 Å². The Bertz CT molecular complexity index is 266. The third-order valence-corrected chi connectivity index (χ3v) is 22.3. The smallest absolute Gasteiger partial charge is 0.0654 e. The first kappa shape index (κ1) is 29.3. The molecule has 170 valence electrons. The van der Waals surface area contributed by atoms with Crippen LogP contribution in [0.1, 0.15) is 136 Å². The van der Waals surface area contributed by atoms with E-state index in [-0.39, 0.29) is 6.31 Å². The molecule has 1 atom stereocenters. The Morgan fingerprint density at radius 3 is 0.964 bits per heavy atom. The van der Waals surface area contributed by atoms with E-state index in [1.807, 2.05) is 0 Å². The van der Waals surface area contributed by atoms with Crippen LogP contribution in [0.5, 0.6) is 0 Å². The molecule has 0 fully saturated rings. The lowest BCUT2D eigenvalue weighted by molar-refractivity contribution is 0.617. The van der Waals surface area contributed by atoms with Gasteiger partial charge in [0.25, 0.3) is 0 Å². The van der Waals surface area contributed by atoms with Gasteiger partial charge in [-0.15, -0.1) is 0 Å². The molecule has 0 rings (SSSR count). The lowest BCUT2D eigenvalue weighted by atomic mass is 10.1. The summed E-state index contributed by atoms with van der Waals surface area (Å²) < 4.78 is 0. The van der Waals surface area contributed by atoms with Crippen LogP contribution in [0, 0.1) is 0 Å². The van der Waals surface area contributed by atoms with Gasteiger partial charge in [-0.2, -0.15) is 0 Å². The highest BCUT2D eigenvalue weighted by molar-refractivity contribution is 9.45. The second-order valence-electron chi connectivity index (χ2n) is 9.01. The summed E-state index contributed by atoms with van der Waals surface area (Å²) in [4.78, 5) is 0. The molecule has 0 saturated carbocycles. The van der Waals surface area contributed by atoms with Crippen molar-refractivity contribution in [2.24, 2.45) is 0 Å². The van der Waals surface area contributed by atoms with Gasteiger partial charge in [-0.1, -0.05) is 97.8 Å². The molecule has 0 saturated heterocycles. The van der Waals surface area contributed by atoms with Crippen LogP contribution in [-0.4, -0.2) is 25.2 Å². The molecule has 0 aliphatic carbocycles. The molecule has 1 unspecified atom stereocenters. The average Bonchev–Trinajstić information content (AvgIpc) is 2.69. The lowest BCUT2D eigenvalue weighted by Gasteiger charge is -2.30. The zero-order valence-electron chi connectivity index (χ0n) is 20.1. The van der Waals surface area contributed by atoms with Gasteiger partial charge in [0.05, 0.1) is 18.5 Å². The fraction of sp³-hybridized carbons (Fsp3) is 1.00. The molecule has 0 aliphatic heterocycles. The van der Waals surface area contributed by atoms with Crippen molar-refractivity contribution in [3.63, 3.8) is 0 Å². The van der Waals surface area contributed by atoms with Crippen LogP contribution < -0.4 is 0 Å². The Labute approximate surface area is 189 Å². The summed E-state index contributed by atoms with van der Waals surface area (Å²) in [5, 5.41) is 0. The van der Waals surface area contributed by atoms with Crippen molar-refractivity contribution >= 4 is 28.8 Å². The van der Waals surface area contributed by atoms with E-state index in [2.05, 4.69) is 42.9 Å². The van der Waals surface area contributed by atoms with Crippen molar-refractivity contribution in [1.29, 1.82) is 0 Å². The maximum atomic E-state index is 4.19. The maximum absolute atomic E-state index is 4.19. The van der Waals surface area contributed by atoms with E-state index < -0.39 is 6.95 Å². The molecule has 3 heteroatoms. The van der Waals surface area contributed by atoms with E-state index in [0.29, 0.717) is 0 Å². The fourth-order valence-corrected chi connectivity index (χ4v) is 16.3. The average molecular weight is 497 g/mol. The predicted octanol–water partition coefficient (Wildman–Crippen LogP) is 11.4. The number of hydrogen-bond acceptors (Lipinski definition) is 0. The monoisotopic (exact) mass is 495 g/mol. The Morgan fingerprint density at radius 1 is 0.464 bits per heavy atom. The Kier molecular flexibility index (Phi) is 22.6. The van der Waals surface area contributed by atoms with Crippen LogP contribution in [0.15, 0.2) is 0 Å². The summed E-state index contributed by atoms with van der Waals surface area (Å²) >= 11 is 4.19. The molecule has 0 aromatic carbocycles. The highest BCUT2D eigenvalue weighted by Gasteiger charge is 2.40. The highest BCUT2D eigenvalue weighted by Crippen LogP contribution is 2.86. The first-order chi connectivity index (χ1) is 13.6. The van der Waals surface area contributed by atoms with Crippen molar-refractivity contribution in [2.45, 2.75) is 136 Å². The zero-order valence-corrected chi connectivity index (χ0v) is 23.5. The van der Waals surface area contributed by atoms with E-state index >= 15 is 0 Å². The highest BCUT2D eigenvalue weighted by atomic mass is 79.9. The summed E-state index contributed by atoms with van der Waals surface area (Å²) in [6.07, 6.45) is 31.1. The van der Waals surface area contributed by atoms with Gasteiger partial charge >= 0.3 is 0 Å². The molecule has 0 aliphatic rings. The Hall–Kier alpha value is 1.34. The van der Waals surface area contributed by atoms with Gasteiger partial charge in [-0.25, -0.2) is 0 Å². The largest absolute Gasteiger partial charge is 0.121 e. The van der Waals surface area contributed by atoms with Gasteiger partial charge in [0.1, 0.15) is 6.31 Å². The second kappa shape index (κ2) is 21.6. The molecule has 0 amide bonds. The molecule has 28 heavy (non-hydrogen) atoms. The van der Waals surface area contributed by atoms with Crippen molar-refractivity contribution in [3.05, 3.63) is 0 Å². The number of unbranched alkanes of at least 4 members (excludes halogenated alkanes) is 15. The number of rotatable bonds is 22. The van der Waals surface area contributed by atoms with Crippen molar-refractivity contribution < 1.29 is 0 Å². The molecular formula is C25H54BrP2+. The number of hydrogen-bond donors (Lipinski definition) is 0. The van der Waals surface area contributed by atoms with Crippen LogP contribution >= 0.6 is 28.8 Å². The summed E-state index contributed by atoms with van der Waals surface area (Å²) in [6, 6.07) is 0. The SMILES string of the molecule is CCCCCCCC[P+](CCCCCCCC)(CCCCCCCC)P(C)Br. The molecule has 0 N–H and O–H groups in total. The maximum Gasteiger partial charge on any atom is 0.121 e. The van der Waals surface area contributed by atoms with Gasteiger partial charge in [-0.05, 0) is 54.0 Å². The minimum absolute atomic E-state index is 0.0927. The first-order valence-electron chi connectivity index (χ1n) is 12.9. The van der Waals surface area contributed by atoms with Gasteiger partial charge in [0.15, 0.2) is 0 Å². The van der Waals surface area contributed by atoms with Gasteiger partial charge in [-0.3, -0.25) is 0 Å². The first-order valence-corrected chi connectivity index (χ1v) is 19.7. The van der Waals surface area contributed by atoms with Gasteiger partial charge < -0.3 is 0 Å². The van der Waals surface area contributed by atoms with Crippen LogP contribution in [-0.2, 0) is 0 Å². The Balaban J connectivity index is 4.45. The van der Waals surface area contributed by atoms with Crippen LogP contribution in [0.25, 0.3) is 0 Å².